The summed E-state index contributed by atoms with van der Waals surface area (Å²) in [6.07, 6.45) is 2.09. The number of rotatable bonds is 4. The fourth-order valence-corrected chi connectivity index (χ4v) is 1.81. The number of carbonyl (C=O) groups is 1. The number of nitrogens with zero attached hydrogens (tertiary/aromatic N) is 3. The Morgan fingerprint density at radius 1 is 1.69 bits per heavy atom. The second-order valence-electron chi connectivity index (χ2n) is 3.70. The predicted molar refractivity (Wildman–Crippen MR) is 57.1 cm³/mol. The largest absolute Gasteiger partial charge is 0.394 e. The molecule has 3 N–H and O–H groups in total. The van der Waals surface area contributed by atoms with E-state index in [0.29, 0.717) is 19.0 Å². The quantitative estimate of drug-likeness (QED) is 0.558. The van der Waals surface area contributed by atoms with Crippen LogP contribution >= 0.6 is 0 Å². The Balaban J connectivity index is 1.97. The van der Waals surface area contributed by atoms with E-state index in [1.807, 2.05) is 0 Å². The number of aliphatic hydroxyl groups is 1. The molecule has 0 fully saturated rings. The highest BCUT2D eigenvalue weighted by molar-refractivity contribution is 6.01. The minimum Gasteiger partial charge on any atom is -0.394 e. The average Bonchev–Trinajstić information content (AvgIpc) is 2.62. The van der Waals surface area contributed by atoms with Gasteiger partial charge >= 0.3 is 0 Å². The maximum absolute atomic E-state index is 11.5. The van der Waals surface area contributed by atoms with Gasteiger partial charge in [-0.2, -0.15) is 4.99 Å². The smallest absolute Gasteiger partial charge is 0.274 e. The Labute approximate surface area is 92.6 Å². The molecule has 2 aliphatic rings. The first-order valence-corrected chi connectivity index (χ1v) is 5.07. The number of fused-ring (bicyclic) bond motifs is 1. The zero-order chi connectivity index (χ0) is 11.5. The van der Waals surface area contributed by atoms with Gasteiger partial charge in [0.25, 0.3) is 5.91 Å². The van der Waals surface area contributed by atoms with E-state index in [1.165, 1.54) is 0 Å². The van der Waals surface area contributed by atoms with Gasteiger partial charge in [-0.3, -0.25) is 9.79 Å². The number of hydrogen-bond acceptors (Lipinski definition) is 6. The first-order valence-electron chi connectivity index (χ1n) is 5.07. The highest BCUT2D eigenvalue weighted by Gasteiger charge is 2.39. The molecule has 0 aromatic rings. The highest BCUT2D eigenvalue weighted by Crippen LogP contribution is 2.21. The van der Waals surface area contributed by atoms with Crippen molar-refractivity contribution in [3.8, 4) is 0 Å². The van der Waals surface area contributed by atoms with Crippen LogP contribution in [-0.4, -0.2) is 60.1 Å². The normalized spacial score (nSPS) is 28.2. The number of aliphatic imine (C=N–C) groups is 2. The Bertz CT molecular complexity index is 342. The monoisotopic (exact) mass is 226 g/mol. The molecule has 0 aliphatic carbocycles. The SMILES string of the molecule is NC1=NC(=O)C2N=CN(COCCO)C2C1. The molecule has 0 radical (unpaired) electrons. The van der Waals surface area contributed by atoms with Gasteiger partial charge in [-0.15, -0.1) is 0 Å². The topological polar surface area (TPSA) is 101 Å². The molecule has 2 aliphatic heterocycles. The fourth-order valence-electron chi connectivity index (χ4n) is 1.81. The Hall–Kier alpha value is -1.47. The highest BCUT2D eigenvalue weighted by atomic mass is 16.5. The van der Waals surface area contributed by atoms with E-state index in [0.717, 1.165) is 0 Å². The standard InChI is InChI=1S/C9H14N4O3/c10-7-3-6-8(9(15)12-7)11-4-13(6)5-16-2-1-14/h4,6,8,14H,1-3,5H2,(H2,10,12,15). The van der Waals surface area contributed by atoms with E-state index >= 15 is 0 Å². The lowest BCUT2D eigenvalue weighted by molar-refractivity contribution is -0.120. The molecule has 0 spiro atoms. The number of carbonyl (C=O) groups excluding carboxylic acids is 1. The number of aliphatic hydroxyl groups excluding tert-OH is 1. The molecule has 0 saturated carbocycles. The van der Waals surface area contributed by atoms with Gasteiger partial charge in [-0.25, -0.2) is 0 Å². The molecular formula is C9H14N4O3. The van der Waals surface area contributed by atoms with Crippen LogP contribution in [0.1, 0.15) is 6.42 Å². The summed E-state index contributed by atoms with van der Waals surface area (Å²) in [6, 6.07) is -0.547. The number of ether oxygens (including phenoxy) is 1. The van der Waals surface area contributed by atoms with Gasteiger partial charge < -0.3 is 20.5 Å². The molecule has 2 heterocycles. The van der Waals surface area contributed by atoms with Crippen LogP contribution in [0.5, 0.6) is 0 Å². The van der Waals surface area contributed by atoms with Crippen molar-refractivity contribution >= 4 is 18.1 Å². The van der Waals surface area contributed by atoms with Gasteiger partial charge in [0, 0.05) is 6.42 Å². The average molecular weight is 226 g/mol. The zero-order valence-electron chi connectivity index (χ0n) is 8.74. The van der Waals surface area contributed by atoms with E-state index in [-0.39, 0.29) is 25.2 Å². The van der Waals surface area contributed by atoms with Gasteiger partial charge in [0.2, 0.25) is 0 Å². The Morgan fingerprint density at radius 3 is 3.25 bits per heavy atom. The van der Waals surface area contributed by atoms with Crippen molar-refractivity contribution in [3.63, 3.8) is 0 Å². The van der Waals surface area contributed by atoms with Crippen molar-refractivity contribution in [1.29, 1.82) is 0 Å². The third-order valence-electron chi connectivity index (χ3n) is 2.57. The van der Waals surface area contributed by atoms with E-state index in [9.17, 15) is 4.79 Å². The van der Waals surface area contributed by atoms with E-state index < -0.39 is 6.04 Å². The summed E-state index contributed by atoms with van der Waals surface area (Å²) in [6.45, 7) is 0.534. The molecule has 0 saturated heterocycles. The molecule has 16 heavy (non-hydrogen) atoms. The van der Waals surface area contributed by atoms with Crippen LogP contribution < -0.4 is 5.73 Å². The Morgan fingerprint density at radius 2 is 2.50 bits per heavy atom. The molecule has 0 aromatic carbocycles. The van der Waals surface area contributed by atoms with Crippen LogP contribution in [0.25, 0.3) is 0 Å². The first-order chi connectivity index (χ1) is 7.72. The molecule has 7 heteroatoms. The molecule has 2 rings (SSSR count). The van der Waals surface area contributed by atoms with Crippen LogP contribution in [0.3, 0.4) is 0 Å². The van der Waals surface area contributed by atoms with Gasteiger partial charge in [-0.1, -0.05) is 0 Å². The maximum atomic E-state index is 11.5. The van der Waals surface area contributed by atoms with Crippen LogP contribution in [0, 0.1) is 0 Å². The van der Waals surface area contributed by atoms with Gasteiger partial charge in [0.05, 0.1) is 25.6 Å². The van der Waals surface area contributed by atoms with E-state index in [2.05, 4.69) is 9.98 Å². The molecule has 7 nitrogen and oxygen atoms in total. The van der Waals surface area contributed by atoms with Crippen LogP contribution in [0.15, 0.2) is 9.98 Å². The van der Waals surface area contributed by atoms with Crippen molar-refractivity contribution < 1.29 is 14.6 Å². The maximum Gasteiger partial charge on any atom is 0.274 e. The summed E-state index contributed by atoms with van der Waals surface area (Å²) in [5.41, 5.74) is 5.56. The number of amides is 1. The number of amidine groups is 1. The third-order valence-corrected chi connectivity index (χ3v) is 2.57. The summed E-state index contributed by atoms with van der Waals surface area (Å²) in [5, 5.41) is 8.59. The molecule has 0 aromatic heterocycles. The van der Waals surface area contributed by atoms with Crippen molar-refractivity contribution in [2.75, 3.05) is 19.9 Å². The lowest BCUT2D eigenvalue weighted by Gasteiger charge is -2.28. The van der Waals surface area contributed by atoms with Gasteiger partial charge in [0.15, 0.2) is 6.04 Å². The zero-order valence-corrected chi connectivity index (χ0v) is 8.74. The minimum atomic E-state index is -0.454. The molecule has 88 valence electrons. The first kappa shape index (κ1) is 11.0. The molecule has 0 bridgehead atoms. The Kier molecular flexibility index (Phi) is 3.16. The van der Waals surface area contributed by atoms with Gasteiger partial charge in [0.1, 0.15) is 12.6 Å². The lowest BCUT2D eigenvalue weighted by atomic mass is 10.0. The molecule has 2 atom stereocenters. The minimum absolute atomic E-state index is 0.0262. The summed E-state index contributed by atoms with van der Waals surface area (Å²) in [4.78, 5) is 21.0. The second-order valence-corrected chi connectivity index (χ2v) is 3.70. The van der Waals surface area contributed by atoms with Gasteiger partial charge in [-0.05, 0) is 0 Å². The van der Waals surface area contributed by atoms with Crippen molar-refractivity contribution in [1.82, 2.24) is 4.90 Å². The number of hydrogen-bond donors (Lipinski definition) is 2. The van der Waals surface area contributed by atoms with Crippen LogP contribution in [0.2, 0.25) is 0 Å². The molecule has 1 amide bonds. The third kappa shape index (κ3) is 2.05. The van der Waals surface area contributed by atoms with E-state index in [1.54, 1.807) is 11.2 Å². The van der Waals surface area contributed by atoms with Crippen molar-refractivity contribution in [2.24, 2.45) is 15.7 Å². The summed E-state index contributed by atoms with van der Waals surface area (Å²) >= 11 is 0. The fraction of sp³-hybridized carbons (Fsp3) is 0.667. The lowest BCUT2D eigenvalue weighted by Crippen LogP contribution is -2.46. The predicted octanol–water partition coefficient (Wildman–Crippen LogP) is -1.68. The molecular weight excluding hydrogens is 212 g/mol. The second kappa shape index (κ2) is 4.58. The summed E-state index contributed by atoms with van der Waals surface area (Å²) < 4.78 is 5.18. The summed E-state index contributed by atoms with van der Waals surface area (Å²) in [5.74, 6) is 0.0403. The molecule has 2 unspecified atom stereocenters. The van der Waals surface area contributed by atoms with Crippen molar-refractivity contribution in [2.45, 2.75) is 18.5 Å². The summed E-state index contributed by atoms with van der Waals surface area (Å²) in [7, 11) is 0. The number of nitrogens with two attached hydrogens (primary N) is 1. The van der Waals surface area contributed by atoms with E-state index in [4.69, 9.17) is 15.6 Å². The van der Waals surface area contributed by atoms with Crippen LogP contribution in [0.4, 0.5) is 0 Å². The van der Waals surface area contributed by atoms with Crippen LogP contribution in [-0.2, 0) is 9.53 Å². The van der Waals surface area contributed by atoms with Crippen molar-refractivity contribution in [3.05, 3.63) is 0 Å².